The summed E-state index contributed by atoms with van der Waals surface area (Å²) < 4.78 is 64.6. The van der Waals surface area contributed by atoms with Crippen LogP contribution in [0.2, 0.25) is 10.0 Å². The van der Waals surface area contributed by atoms with Crippen molar-refractivity contribution < 1.29 is 60.5 Å². The molecular formula is C36H41Cl2FN3O12PS. The van der Waals surface area contributed by atoms with Crippen LogP contribution in [0.1, 0.15) is 86.4 Å². The molecule has 3 fully saturated rings. The summed E-state index contributed by atoms with van der Waals surface area (Å²) in [6, 6.07) is 5.49. The second kappa shape index (κ2) is 18.4. The van der Waals surface area contributed by atoms with Crippen LogP contribution in [0.3, 0.4) is 0 Å². The minimum Gasteiger partial charge on any atom is -0.489 e. The van der Waals surface area contributed by atoms with E-state index in [0.717, 1.165) is 50.8 Å². The van der Waals surface area contributed by atoms with Gasteiger partial charge in [0.1, 0.15) is 17.6 Å². The molecular weight excluding hydrogens is 819 g/mol. The number of carbonyl (C=O) groups is 4. The summed E-state index contributed by atoms with van der Waals surface area (Å²) in [5.74, 6) is -2.13. The van der Waals surface area contributed by atoms with Gasteiger partial charge in [-0.2, -0.15) is 0 Å². The number of aliphatic carboxylic acids is 1. The summed E-state index contributed by atoms with van der Waals surface area (Å²) in [6.45, 7) is 4.45. The van der Waals surface area contributed by atoms with Crippen molar-refractivity contribution in [3.63, 3.8) is 0 Å². The van der Waals surface area contributed by atoms with Gasteiger partial charge in [0.05, 0.1) is 33.5 Å². The predicted molar refractivity (Wildman–Crippen MR) is 204 cm³/mol. The number of hydrogen-bond donors (Lipinski definition) is 3. The number of sulfone groups is 1. The van der Waals surface area contributed by atoms with Crippen molar-refractivity contribution in [1.29, 1.82) is 0 Å². The first-order valence-electron chi connectivity index (χ1n) is 17.2. The summed E-state index contributed by atoms with van der Waals surface area (Å²) >= 11 is 11.9. The molecule has 56 heavy (non-hydrogen) atoms. The lowest BCUT2D eigenvalue weighted by molar-refractivity contribution is -0.138. The number of nitrogens with two attached hydrogens (primary N) is 1. The molecule has 0 radical (unpaired) electrons. The lowest BCUT2D eigenvalue weighted by Gasteiger charge is -2.18. The largest absolute Gasteiger partial charge is 0.489 e. The summed E-state index contributed by atoms with van der Waals surface area (Å²) in [4.78, 5) is 56.4. The molecule has 2 atom stereocenters. The van der Waals surface area contributed by atoms with E-state index in [9.17, 15) is 36.6 Å². The van der Waals surface area contributed by atoms with Gasteiger partial charge in [0.15, 0.2) is 34.5 Å². The number of aromatic nitrogens is 1. The Kier molecular flexibility index (Phi) is 14.7. The highest BCUT2D eigenvalue weighted by atomic mass is 35.5. The number of ketones is 1. The topological polar surface area (TPSA) is 234 Å². The van der Waals surface area contributed by atoms with E-state index in [1.165, 1.54) is 37.1 Å². The van der Waals surface area contributed by atoms with Crippen molar-refractivity contribution in [3.8, 4) is 5.75 Å². The summed E-state index contributed by atoms with van der Waals surface area (Å²) in [7, 11) is -6.67. The number of nitrogens with zero attached hydrogens (tertiary/aromatic N) is 2. The van der Waals surface area contributed by atoms with E-state index in [0.29, 0.717) is 21.8 Å². The van der Waals surface area contributed by atoms with Crippen molar-refractivity contribution in [3.05, 3.63) is 80.6 Å². The molecule has 1 aromatic heterocycles. The average Bonchev–Trinajstić information content (AvgIpc) is 3.45. The summed E-state index contributed by atoms with van der Waals surface area (Å²) in [6.07, 6.45) is 7.30. The van der Waals surface area contributed by atoms with Crippen LogP contribution in [0, 0.1) is 5.82 Å². The van der Waals surface area contributed by atoms with Gasteiger partial charge in [-0.25, -0.2) is 22.5 Å². The zero-order chi connectivity index (χ0) is 41.7. The molecule has 0 bridgehead atoms. The van der Waals surface area contributed by atoms with Gasteiger partial charge in [-0.1, -0.05) is 28.4 Å². The van der Waals surface area contributed by atoms with Gasteiger partial charge in [-0.05, 0) is 88.6 Å². The van der Waals surface area contributed by atoms with Crippen molar-refractivity contribution in [2.75, 3.05) is 24.0 Å². The van der Waals surface area contributed by atoms with Crippen LogP contribution in [0.25, 0.3) is 0 Å². The predicted octanol–water partition coefficient (Wildman–Crippen LogP) is 7.11. The number of cyclic esters (lactones) is 1. The number of hydrogen-bond acceptors (Lipinski definition) is 12. The van der Waals surface area contributed by atoms with E-state index in [4.69, 9.17) is 52.9 Å². The molecule has 3 aromatic rings. The van der Waals surface area contributed by atoms with Crippen LogP contribution in [0.4, 0.5) is 14.9 Å². The van der Waals surface area contributed by atoms with E-state index < -0.39 is 52.8 Å². The molecule has 2 aromatic carbocycles. The highest BCUT2D eigenvalue weighted by Gasteiger charge is 2.40. The number of carbonyl (C=O) groups excluding carboxylic acids is 3. The van der Waals surface area contributed by atoms with Gasteiger partial charge < -0.3 is 29.7 Å². The standard InChI is InChI=1S/C17H17ClFNO4.C14H12ClNO4S.C5H12NO4P/c1-9(2)15-16(21)20(17(22)24-15)13-8-14(11(18)7-12(13)19)23-10-5-3-4-6-10;1-21(18,19)12-6-9(15)4-5-10(12)13(17)11-7-16-20-14(11)8-2-3-8;1-11(9,10)3-2-4(6)5(7)8/h7-8,10H,3-6H2,1-2H3;4-8H,2-3H2,1H3;4H,2-3,6H2,1H3,(H,7,8)(H,9,10). The normalized spacial score (nSPS) is 17.2. The Hall–Kier alpha value is -4.12. The molecule has 2 heterocycles. The first kappa shape index (κ1) is 44.6. The fraction of sp³-hybridized carbons (Fsp3) is 0.417. The van der Waals surface area contributed by atoms with E-state index in [1.54, 1.807) is 13.8 Å². The maximum Gasteiger partial charge on any atom is 0.427 e. The molecule has 2 amide bonds. The Balaban J connectivity index is 0.000000200. The van der Waals surface area contributed by atoms with Crippen molar-refractivity contribution in [2.24, 2.45) is 5.73 Å². The lowest BCUT2D eigenvalue weighted by atomic mass is 10.0. The van der Waals surface area contributed by atoms with Crippen LogP contribution in [-0.2, 0) is 28.7 Å². The van der Waals surface area contributed by atoms with Gasteiger partial charge in [-0.15, -0.1) is 0 Å². The first-order chi connectivity index (χ1) is 26.1. The molecule has 304 valence electrons. The number of benzene rings is 2. The monoisotopic (exact) mass is 859 g/mol. The molecule has 2 saturated carbocycles. The Labute approximate surface area is 332 Å². The number of imide groups is 1. The van der Waals surface area contributed by atoms with Gasteiger partial charge >= 0.3 is 18.0 Å². The Morgan fingerprint density at radius 2 is 1.75 bits per heavy atom. The Morgan fingerprint density at radius 1 is 1.11 bits per heavy atom. The molecule has 0 spiro atoms. The Morgan fingerprint density at radius 3 is 2.29 bits per heavy atom. The summed E-state index contributed by atoms with van der Waals surface area (Å²) in [5, 5.41) is 12.3. The fourth-order valence-electron chi connectivity index (χ4n) is 5.55. The molecule has 4 N–H and O–H groups in total. The zero-order valence-electron chi connectivity index (χ0n) is 30.8. The number of carboxylic acids is 1. The second-order valence-corrected chi connectivity index (χ2v) is 19.1. The van der Waals surface area contributed by atoms with Gasteiger partial charge in [-0.3, -0.25) is 18.9 Å². The average molecular weight is 861 g/mol. The van der Waals surface area contributed by atoms with E-state index in [1.807, 2.05) is 0 Å². The number of carboxylic acid groups (broad SMARTS) is 1. The quantitative estimate of drug-likeness (QED) is 0.0991. The number of amides is 2. The molecule has 3 aliphatic rings. The maximum absolute atomic E-state index is 14.3. The maximum atomic E-state index is 14.3. The van der Waals surface area contributed by atoms with Crippen LogP contribution in [0.5, 0.6) is 5.75 Å². The minimum atomic E-state index is -3.57. The molecule has 20 heteroatoms. The lowest BCUT2D eigenvalue weighted by Crippen LogP contribution is -2.30. The SMILES string of the molecule is CC(C)=C1OC(=O)N(c2cc(OC3CCCC3)c(Cl)cc2F)C1=O.CP(=O)(O)CCC(N)C(=O)O.CS(=O)(=O)c1cc(Cl)ccc1C(=O)c1cnoc1C1CC1. The minimum absolute atomic E-state index is 0.00962. The zero-order valence-corrected chi connectivity index (χ0v) is 34.0. The second-order valence-electron chi connectivity index (χ2n) is 13.7. The third-order valence-corrected chi connectivity index (χ3v) is 11.4. The van der Waals surface area contributed by atoms with Crippen LogP contribution >= 0.6 is 30.6 Å². The third kappa shape index (κ3) is 11.7. The highest BCUT2D eigenvalue weighted by Crippen LogP contribution is 2.42. The molecule has 1 aliphatic heterocycles. The number of anilines is 1. The van der Waals surface area contributed by atoms with Crippen molar-refractivity contribution in [1.82, 2.24) is 5.16 Å². The van der Waals surface area contributed by atoms with Gasteiger partial charge in [0, 0.05) is 41.7 Å². The molecule has 2 unspecified atom stereocenters. The number of rotatable bonds is 11. The third-order valence-electron chi connectivity index (χ3n) is 8.61. The smallest absolute Gasteiger partial charge is 0.427 e. The molecule has 1 saturated heterocycles. The molecule has 2 aliphatic carbocycles. The first-order valence-corrected chi connectivity index (χ1v) is 22.2. The fourth-order valence-corrected chi connectivity index (χ4v) is 7.64. The van der Waals surface area contributed by atoms with Crippen LogP contribution < -0.4 is 15.4 Å². The molecule has 6 rings (SSSR count). The van der Waals surface area contributed by atoms with Crippen molar-refractivity contribution in [2.45, 2.75) is 81.8 Å². The highest BCUT2D eigenvalue weighted by molar-refractivity contribution is 7.90. The van der Waals surface area contributed by atoms with E-state index >= 15 is 0 Å². The number of ether oxygens (including phenoxy) is 2. The Bertz CT molecular complexity index is 2190. The van der Waals surface area contributed by atoms with Crippen LogP contribution in [-0.4, -0.2) is 78.6 Å². The number of allylic oxidation sites excluding steroid dienone is 1. The number of halogens is 3. The van der Waals surface area contributed by atoms with Crippen LogP contribution in [0.15, 0.2) is 57.3 Å². The van der Waals surface area contributed by atoms with E-state index in [-0.39, 0.29) is 62.3 Å². The summed E-state index contributed by atoms with van der Waals surface area (Å²) in [5.41, 5.74) is 5.82. The van der Waals surface area contributed by atoms with Crippen molar-refractivity contribution >= 4 is 69.8 Å². The van der Waals surface area contributed by atoms with Gasteiger partial charge in [0.25, 0.3) is 0 Å². The molecule has 15 nitrogen and oxygen atoms in total. The van der Waals surface area contributed by atoms with Gasteiger partial charge in [0.2, 0.25) is 0 Å². The van der Waals surface area contributed by atoms with E-state index in [2.05, 4.69) is 5.16 Å².